The number of amides is 1. The Hall–Kier alpha value is -0.140. The monoisotopic (exact) mass is 465 g/mol. The summed E-state index contributed by atoms with van der Waals surface area (Å²) in [5.41, 5.74) is -0.0884. The van der Waals surface area contributed by atoms with E-state index in [-0.39, 0.29) is 5.91 Å². The van der Waals surface area contributed by atoms with E-state index >= 15 is 0 Å². The van der Waals surface area contributed by atoms with Gasteiger partial charge in [0.25, 0.3) is 5.91 Å². The highest BCUT2D eigenvalue weighted by molar-refractivity contribution is 14.1. The molecule has 0 aromatic heterocycles. The predicted molar refractivity (Wildman–Crippen MR) is 96.4 cm³/mol. The molecule has 0 aliphatic heterocycles. The van der Waals surface area contributed by atoms with Crippen LogP contribution in [-0.2, 0) is 0 Å². The molecule has 1 aromatic carbocycles. The van der Waals surface area contributed by atoms with E-state index in [1.54, 1.807) is 0 Å². The molecule has 3 nitrogen and oxygen atoms in total. The number of carbonyl (C=O) groups is 1. The van der Waals surface area contributed by atoms with Gasteiger partial charge in [-0.1, -0.05) is 29.3 Å². The van der Waals surface area contributed by atoms with Gasteiger partial charge in [-0.3, -0.25) is 4.79 Å². The number of benzene rings is 1. The summed E-state index contributed by atoms with van der Waals surface area (Å²) in [6.07, 6.45) is 4.84. The van der Waals surface area contributed by atoms with Gasteiger partial charge in [0.05, 0.1) is 11.2 Å². The summed E-state index contributed by atoms with van der Waals surface area (Å²) in [7, 11) is 0. The van der Waals surface area contributed by atoms with Crippen LogP contribution in [0, 0.1) is 9.49 Å². The van der Waals surface area contributed by atoms with Crippen molar-refractivity contribution in [1.82, 2.24) is 5.32 Å². The van der Waals surface area contributed by atoms with Crippen molar-refractivity contribution < 1.29 is 9.90 Å². The average Bonchev–Trinajstić information content (AvgIpc) is 2.48. The number of aliphatic hydroxyl groups is 1. The lowest BCUT2D eigenvalue weighted by Gasteiger charge is -2.35. The normalized spacial score (nSPS) is 25.6. The minimum atomic E-state index is -0.737. The maximum absolute atomic E-state index is 12.3. The molecular formula is C16H21BrINO2. The third-order valence-electron chi connectivity index (χ3n) is 4.36. The quantitative estimate of drug-likeness (QED) is 0.657. The second-order valence-corrected chi connectivity index (χ2v) is 7.96. The van der Waals surface area contributed by atoms with Crippen LogP contribution in [0.1, 0.15) is 49.4 Å². The Morgan fingerprint density at radius 1 is 1.48 bits per heavy atom. The van der Waals surface area contributed by atoms with Crippen molar-refractivity contribution in [2.45, 2.75) is 44.6 Å². The summed E-state index contributed by atoms with van der Waals surface area (Å²) in [6.45, 7) is 2.54. The molecule has 0 spiro atoms. The lowest BCUT2D eigenvalue weighted by molar-refractivity contribution is -0.00787. The van der Waals surface area contributed by atoms with Crippen LogP contribution in [0.2, 0.25) is 0 Å². The molecule has 21 heavy (non-hydrogen) atoms. The topological polar surface area (TPSA) is 49.3 Å². The van der Waals surface area contributed by atoms with Crippen molar-refractivity contribution in [3.63, 3.8) is 0 Å². The summed E-state index contributed by atoms with van der Waals surface area (Å²) in [4.78, 5) is 12.3. The number of rotatable bonds is 4. The Bertz CT molecular complexity index is 513. The van der Waals surface area contributed by atoms with E-state index in [1.165, 1.54) is 6.42 Å². The largest absolute Gasteiger partial charge is 0.388 e. The van der Waals surface area contributed by atoms with Gasteiger partial charge in [0, 0.05) is 14.6 Å². The molecule has 0 heterocycles. The van der Waals surface area contributed by atoms with Crippen LogP contribution in [0.3, 0.4) is 0 Å². The summed E-state index contributed by atoms with van der Waals surface area (Å²) in [5.74, 6) is 0.610. The molecule has 2 N–H and O–H groups in total. The van der Waals surface area contributed by atoms with Crippen LogP contribution >= 0.6 is 38.5 Å². The van der Waals surface area contributed by atoms with E-state index in [0.717, 1.165) is 39.6 Å². The highest BCUT2D eigenvalue weighted by Gasteiger charge is 2.33. The van der Waals surface area contributed by atoms with Gasteiger partial charge in [-0.15, -0.1) is 0 Å². The Morgan fingerprint density at radius 2 is 2.14 bits per heavy atom. The fourth-order valence-corrected chi connectivity index (χ4v) is 3.75. The third kappa shape index (κ3) is 4.66. The van der Waals surface area contributed by atoms with Crippen molar-refractivity contribution in [3.8, 4) is 0 Å². The molecule has 0 saturated heterocycles. The molecule has 1 aliphatic rings. The van der Waals surface area contributed by atoms with Gasteiger partial charge < -0.3 is 10.4 Å². The van der Waals surface area contributed by atoms with Crippen molar-refractivity contribution in [2.75, 3.05) is 6.54 Å². The second kappa shape index (κ2) is 7.42. The van der Waals surface area contributed by atoms with Crippen molar-refractivity contribution in [2.24, 2.45) is 5.92 Å². The number of halogens is 2. The minimum absolute atomic E-state index is 0.119. The molecule has 0 unspecified atom stereocenters. The van der Waals surface area contributed by atoms with E-state index in [2.05, 4.69) is 50.8 Å². The SMILES string of the molecule is CCC1CCC(O)(CNC(=O)c2cc(Br)ccc2I)CC1. The van der Waals surface area contributed by atoms with E-state index < -0.39 is 5.60 Å². The lowest BCUT2D eigenvalue weighted by Crippen LogP contribution is -2.45. The third-order valence-corrected chi connectivity index (χ3v) is 5.80. The van der Waals surface area contributed by atoms with Crippen LogP contribution in [0.5, 0.6) is 0 Å². The van der Waals surface area contributed by atoms with E-state index in [9.17, 15) is 9.90 Å². The summed E-state index contributed by atoms with van der Waals surface area (Å²) >= 11 is 5.54. The fraction of sp³-hybridized carbons (Fsp3) is 0.562. The van der Waals surface area contributed by atoms with Crippen LogP contribution < -0.4 is 5.32 Å². The zero-order chi connectivity index (χ0) is 15.5. The Kier molecular flexibility index (Phi) is 6.08. The van der Waals surface area contributed by atoms with Crippen molar-refractivity contribution in [3.05, 3.63) is 31.8 Å². The molecule has 2 rings (SSSR count). The van der Waals surface area contributed by atoms with Crippen LogP contribution in [0.15, 0.2) is 22.7 Å². The van der Waals surface area contributed by atoms with E-state index in [0.29, 0.717) is 12.1 Å². The standard InChI is InChI=1S/C16H21BrINO2/c1-2-11-5-7-16(21,8-6-11)10-19-15(20)13-9-12(17)3-4-14(13)18/h3-4,9,11,21H,2,5-8,10H2,1H3,(H,19,20). The zero-order valence-electron chi connectivity index (χ0n) is 12.2. The molecular weight excluding hydrogens is 445 g/mol. The average molecular weight is 466 g/mol. The zero-order valence-corrected chi connectivity index (χ0v) is 15.9. The molecule has 116 valence electrons. The van der Waals surface area contributed by atoms with Gasteiger partial charge in [0.2, 0.25) is 0 Å². The second-order valence-electron chi connectivity index (χ2n) is 5.88. The summed E-state index contributed by atoms with van der Waals surface area (Å²) in [5, 5.41) is 13.5. The maximum Gasteiger partial charge on any atom is 0.252 e. The number of nitrogens with one attached hydrogen (secondary N) is 1. The van der Waals surface area contributed by atoms with Gasteiger partial charge in [-0.2, -0.15) is 0 Å². The number of carbonyl (C=O) groups excluding carboxylic acids is 1. The van der Waals surface area contributed by atoms with Crippen molar-refractivity contribution in [1.29, 1.82) is 0 Å². The molecule has 1 amide bonds. The number of hydrogen-bond acceptors (Lipinski definition) is 2. The Labute approximate surface area is 148 Å². The van der Waals surface area contributed by atoms with Crippen LogP contribution in [-0.4, -0.2) is 23.2 Å². The Balaban J connectivity index is 1.93. The van der Waals surface area contributed by atoms with Crippen LogP contribution in [0.25, 0.3) is 0 Å². The molecule has 1 saturated carbocycles. The van der Waals surface area contributed by atoms with Gasteiger partial charge in [-0.05, 0) is 72.4 Å². The predicted octanol–water partition coefficient (Wildman–Crippen LogP) is 4.11. The lowest BCUT2D eigenvalue weighted by atomic mass is 9.78. The molecule has 1 fully saturated rings. The molecule has 1 aromatic rings. The van der Waals surface area contributed by atoms with Gasteiger partial charge in [0.1, 0.15) is 0 Å². The summed E-state index contributed by atoms with van der Waals surface area (Å²) in [6, 6.07) is 5.63. The number of hydrogen-bond donors (Lipinski definition) is 2. The molecule has 0 bridgehead atoms. The highest BCUT2D eigenvalue weighted by Crippen LogP contribution is 2.33. The molecule has 0 atom stereocenters. The molecule has 5 heteroatoms. The van der Waals surface area contributed by atoms with Crippen molar-refractivity contribution >= 4 is 44.4 Å². The van der Waals surface area contributed by atoms with E-state index in [4.69, 9.17) is 0 Å². The first-order valence-electron chi connectivity index (χ1n) is 7.39. The van der Waals surface area contributed by atoms with Gasteiger partial charge in [-0.25, -0.2) is 0 Å². The van der Waals surface area contributed by atoms with Gasteiger partial charge >= 0.3 is 0 Å². The molecule has 0 radical (unpaired) electrons. The fourth-order valence-electron chi connectivity index (χ4n) is 2.81. The van der Waals surface area contributed by atoms with E-state index in [1.807, 2.05) is 18.2 Å². The molecule has 1 aliphatic carbocycles. The smallest absolute Gasteiger partial charge is 0.252 e. The van der Waals surface area contributed by atoms with Crippen LogP contribution in [0.4, 0.5) is 0 Å². The first kappa shape index (κ1) is 17.2. The minimum Gasteiger partial charge on any atom is -0.388 e. The first-order valence-corrected chi connectivity index (χ1v) is 9.26. The Morgan fingerprint density at radius 3 is 2.76 bits per heavy atom. The first-order chi connectivity index (χ1) is 9.93. The maximum atomic E-state index is 12.3. The summed E-state index contributed by atoms with van der Waals surface area (Å²) < 4.78 is 1.80. The van der Waals surface area contributed by atoms with Gasteiger partial charge in [0.15, 0.2) is 0 Å². The highest BCUT2D eigenvalue weighted by atomic mass is 127.